The number of nitrogens with zero attached hydrogens (tertiary/aromatic N) is 5. The number of carbonyl (C=O) groups excluding carboxylic acids is 1. The maximum atomic E-state index is 12.1. The van der Waals surface area contributed by atoms with E-state index in [0.717, 1.165) is 11.3 Å². The van der Waals surface area contributed by atoms with Crippen LogP contribution < -0.4 is 20.4 Å². The van der Waals surface area contributed by atoms with Crippen molar-refractivity contribution < 1.29 is 4.79 Å². The van der Waals surface area contributed by atoms with Gasteiger partial charge in [0.15, 0.2) is 5.82 Å². The van der Waals surface area contributed by atoms with E-state index in [1.54, 1.807) is 9.80 Å². The van der Waals surface area contributed by atoms with Crippen molar-refractivity contribution in [1.29, 1.82) is 0 Å². The first kappa shape index (κ1) is 17.5. The molecule has 0 radical (unpaired) electrons. The van der Waals surface area contributed by atoms with Crippen LogP contribution >= 0.6 is 0 Å². The number of aromatic nitrogens is 3. The molecule has 2 aromatic rings. The summed E-state index contributed by atoms with van der Waals surface area (Å²) in [6.45, 7) is 2.15. The molecule has 1 aromatic carbocycles. The predicted octanol–water partition coefficient (Wildman–Crippen LogP) is 1.63. The fourth-order valence-electron chi connectivity index (χ4n) is 1.91. The van der Waals surface area contributed by atoms with E-state index in [4.69, 9.17) is 0 Å². The molecule has 1 aromatic heterocycles. The monoisotopic (exact) mass is 329 g/mol. The Hall–Kier alpha value is -2.90. The highest BCUT2D eigenvalue weighted by molar-refractivity contribution is 5.89. The van der Waals surface area contributed by atoms with E-state index in [1.165, 1.54) is 0 Å². The van der Waals surface area contributed by atoms with Crippen LogP contribution in [0.5, 0.6) is 0 Å². The Morgan fingerprint density at radius 3 is 2.12 bits per heavy atom. The number of urea groups is 1. The lowest BCUT2D eigenvalue weighted by Crippen LogP contribution is -2.30. The van der Waals surface area contributed by atoms with Crippen molar-refractivity contribution in [3.63, 3.8) is 0 Å². The number of carbonyl (C=O) groups is 1. The Morgan fingerprint density at radius 1 is 1.00 bits per heavy atom. The molecule has 0 atom stereocenters. The van der Waals surface area contributed by atoms with Gasteiger partial charge in [-0.3, -0.25) is 0 Å². The summed E-state index contributed by atoms with van der Waals surface area (Å²) >= 11 is 0. The quantitative estimate of drug-likeness (QED) is 0.867. The van der Waals surface area contributed by atoms with Crippen LogP contribution in [0.4, 0.5) is 22.4 Å². The Balaban J connectivity index is 2.05. The van der Waals surface area contributed by atoms with Gasteiger partial charge in [-0.1, -0.05) is 18.2 Å². The molecule has 8 heteroatoms. The number of hydrogen-bond donors (Lipinski definition) is 2. The number of nitrogens with one attached hydrogen (secondary N) is 2. The number of para-hydroxylation sites is 1. The third-order valence-corrected chi connectivity index (χ3v) is 3.26. The van der Waals surface area contributed by atoms with Gasteiger partial charge in [0, 0.05) is 33.9 Å². The molecular formula is C16H23N7O. The number of anilines is 3. The van der Waals surface area contributed by atoms with Gasteiger partial charge >= 0.3 is 6.03 Å². The van der Waals surface area contributed by atoms with Gasteiger partial charge in [0.05, 0.1) is 6.54 Å². The van der Waals surface area contributed by atoms with Crippen LogP contribution in [0.3, 0.4) is 0 Å². The lowest BCUT2D eigenvalue weighted by Gasteiger charge is -2.16. The van der Waals surface area contributed by atoms with Gasteiger partial charge in [-0.15, -0.1) is 0 Å². The molecule has 0 fully saturated rings. The average molecular weight is 329 g/mol. The SMILES string of the molecule is Cc1ccccc1NC(=O)NCc1nc(N(C)C)nc(N(C)C)n1. The number of amides is 2. The first-order chi connectivity index (χ1) is 11.4. The smallest absolute Gasteiger partial charge is 0.319 e. The number of aryl methyl sites for hydroxylation is 1. The second kappa shape index (κ2) is 7.58. The van der Waals surface area contributed by atoms with E-state index >= 15 is 0 Å². The molecule has 24 heavy (non-hydrogen) atoms. The molecule has 0 bridgehead atoms. The molecule has 0 aliphatic carbocycles. The zero-order valence-corrected chi connectivity index (χ0v) is 14.7. The molecule has 128 valence electrons. The van der Waals surface area contributed by atoms with Crippen LogP contribution in [-0.4, -0.2) is 49.2 Å². The van der Waals surface area contributed by atoms with E-state index in [2.05, 4.69) is 25.6 Å². The van der Waals surface area contributed by atoms with Crippen LogP contribution in [0, 0.1) is 6.92 Å². The number of hydrogen-bond acceptors (Lipinski definition) is 6. The molecule has 0 unspecified atom stereocenters. The summed E-state index contributed by atoms with van der Waals surface area (Å²) in [7, 11) is 7.43. The Labute approximate surface area is 141 Å². The Kier molecular flexibility index (Phi) is 5.51. The van der Waals surface area contributed by atoms with Gasteiger partial charge in [-0.2, -0.15) is 15.0 Å². The minimum absolute atomic E-state index is 0.210. The van der Waals surface area contributed by atoms with Crippen molar-refractivity contribution >= 4 is 23.6 Å². The van der Waals surface area contributed by atoms with Crippen LogP contribution in [-0.2, 0) is 6.54 Å². The zero-order chi connectivity index (χ0) is 17.7. The van der Waals surface area contributed by atoms with Gasteiger partial charge in [-0.25, -0.2) is 4.79 Å². The largest absolute Gasteiger partial charge is 0.347 e. The minimum Gasteiger partial charge on any atom is -0.347 e. The summed E-state index contributed by atoms with van der Waals surface area (Å²) in [5.41, 5.74) is 1.77. The van der Waals surface area contributed by atoms with Gasteiger partial charge in [-0.05, 0) is 18.6 Å². The van der Waals surface area contributed by atoms with Crippen LogP contribution in [0.15, 0.2) is 24.3 Å². The Morgan fingerprint density at radius 2 is 1.58 bits per heavy atom. The van der Waals surface area contributed by atoms with Gasteiger partial charge < -0.3 is 20.4 Å². The molecule has 0 spiro atoms. The standard InChI is InChI=1S/C16H23N7O/c1-11-8-6-7-9-12(11)18-16(24)17-10-13-19-14(22(2)3)21-15(20-13)23(4)5/h6-9H,10H2,1-5H3,(H2,17,18,24). The number of rotatable bonds is 5. The second-order valence-corrected chi connectivity index (χ2v) is 5.76. The van der Waals surface area contributed by atoms with E-state index in [-0.39, 0.29) is 12.6 Å². The molecule has 2 rings (SSSR count). The summed E-state index contributed by atoms with van der Waals surface area (Å²) in [6, 6.07) is 7.29. The summed E-state index contributed by atoms with van der Waals surface area (Å²) in [5, 5.41) is 5.58. The summed E-state index contributed by atoms with van der Waals surface area (Å²) in [6.07, 6.45) is 0. The average Bonchev–Trinajstić information content (AvgIpc) is 2.54. The lowest BCUT2D eigenvalue weighted by atomic mass is 10.2. The molecule has 2 N–H and O–H groups in total. The summed E-state index contributed by atoms with van der Waals surface area (Å²) in [5.74, 6) is 1.59. The second-order valence-electron chi connectivity index (χ2n) is 5.76. The van der Waals surface area contributed by atoms with Crippen LogP contribution in [0.1, 0.15) is 11.4 Å². The minimum atomic E-state index is -0.303. The van der Waals surface area contributed by atoms with Crippen molar-refractivity contribution in [3.05, 3.63) is 35.7 Å². The highest BCUT2D eigenvalue weighted by Gasteiger charge is 2.11. The highest BCUT2D eigenvalue weighted by Crippen LogP contribution is 2.13. The van der Waals surface area contributed by atoms with Gasteiger partial charge in [0.2, 0.25) is 11.9 Å². The molecule has 0 saturated heterocycles. The third kappa shape index (κ3) is 4.55. The molecule has 0 aliphatic rings. The maximum absolute atomic E-state index is 12.1. The first-order valence-electron chi connectivity index (χ1n) is 7.57. The first-order valence-corrected chi connectivity index (χ1v) is 7.57. The summed E-state index contributed by atoms with van der Waals surface area (Å²) in [4.78, 5) is 28.7. The summed E-state index contributed by atoms with van der Waals surface area (Å²) < 4.78 is 0. The topological polar surface area (TPSA) is 86.3 Å². The van der Waals surface area contributed by atoms with E-state index in [9.17, 15) is 4.79 Å². The van der Waals surface area contributed by atoms with Crippen molar-refractivity contribution in [2.24, 2.45) is 0 Å². The van der Waals surface area contributed by atoms with E-state index in [0.29, 0.717) is 17.7 Å². The van der Waals surface area contributed by atoms with Gasteiger partial charge in [0.25, 0.3) is 0 Å². The maximum Gasteiger partial charge on any atom is 0.319 e. The van der Waals surface area contributed by atoms with Crippen molar-refractivity contribution in [2.45, 2.75) is 13.5 Å². The van der Waals surface area contributed by atoms with Crippen molar-refractivity contribution in [3.8, 4) is 0 Å². The normalized spacial score (nSPS) is 10.2. The third-order valence-electron chi connectivity index (χ3n) is 3.26. The zero-order valence-electron chi connectivity index (χ0n) is 14.7. The van der Waals surface area contributed by atoms with Crippen LogP contribution in [0.25, 0.3) is 0 Å². The van der Waals surface area contributed by atoms with E-state index < -0.39 is 0 Å². The molecular weight excluding hydrogens is 306 g/mol. The predicted molar refractivity (Wildman–Crippen MR) is 95.5 cm³/mol. The fourth-order valence-corrected chi connectivity index (χ4v) is 1.91. The lowest BCUT2D eigenvalue weighted by molar-refractivity contribution is 0.251. The van der Waals surface area contributed by atoms with Crippen molar-refractivity contribution in [1.82, 2.24) is 20.3 Å². The van der Waals surface area contributed by atoms with Crippen molar-refractivity contribution in [2.75, 3.05) is 43.3 Å². The van der Waals surface area contributed by atoms with E-state index in [1.807, 2.05) is 59.4 Å². The molecule has 2 amide bonds. The van der Waals surface area contributed by atoms with Gasteiger partial charge in [0.1, 0.15) is 0 Å². The molecule has 8 nitrogen and oxygen atoms in total. The molecule has 0 aliphatic heterocycles. The molecule has 0 saturated carbocycles. The fraction of sp³-hybridized carbons (Fsp3) is 0.375. The van der Waals surface area contributed by atoms with Crippen LogP contribution in [0.2, 0.25) is 0 Å². The number of benzene rings is 1. The highest BCUT2D eigenvalue weighted by atomic mass is 16.2. The molecule has 1 heterocycles. The Bertz CT molecular complexity index is 689.